The molecular formula is C12H16N4OS. The molecule has 2 N–H and O–H groups in total. The van der Waals surface area contributed by atoms with E-state index in [2.05, 4.69) is 15.7 Å². The minimum absolute atomic E-state index is 0.0246. The number of carbonyl (C=O) groups is 1. The van der Waals surface area contributed by atoms with Crippen molar-refractivity contribution in [2.75, 3.05) is 0 Å². The van der Waals surface area contributed by atoms with Gasteiger partial charge in [0.1, 0.15) is 0 Å². The summed E-state index contributed by atoms with van der Waals surface area (Å²) in [6.07, 6.45) is 1.71. The molecule has 96 valence electrons. The van der Waals surface area contributed by atoms with Crippen molar-refractivity contribution in [2.45, 2.75) is 19.5 Å². The van der Waals surface area contributed by atoms with Gasteiger partial charge in [-0.1, -0.05) is 6.07 Å². The Morgan fingerprint density at radius 1 is 1.56 bits per heavy atom. The highest BCUT2D eigenvalue weighted by molar-refractivity contribution is 7.10. The van der Waals surface area contributed by atoms with Crippen molar-refractivity contribution in [3.8, 4) is 0 Å². The van der Waals surface area contributed by atoms with Gasteiger partial charge in [-0.05, 0) is 24.4 Å². The van der Waals surface area contributed by atoms with Crippen LogP contribution >= 0.6 is 11.3 Å². The molecular weight excluding hydrogens is 248 g/mol. The summed E-state index contributed by atoms with van der Waals surface area (Å²) in [5, 5.41) is 11.8. The van der Waals surface area contributed by atoms with E-state index in [0.717, 1.165) is 10.6 Å². The van der Waals surface area contributed by atoms with Crippen molar-refractivity contribution in [1.29, 1.82) is 0 Å². The number of carbonyl (C=O) groups excluding carboxylic acids is 1. The van der Waals surface area contributed by atoms with Gasteiger partial charge in [0, 0.05) is 18.1 Å². The second-order valence-electron chi connectivity index (χ2n) is 4.01. The molecule has 5 nitrogen and oxygen atoms in total. The number of amides is 2. The largest absolute Gasteiger partial charge is 0.333 e. The minimum Gasteiger partial charge on any atom is -0.333 e. The van der Waals surface area contributed by atoms with E-state index >= 15 is 0 Å². The molecule has 18 heavy (non-hydrogen) atoms. The van der Waals surface area contributed by atoms with Crippen LogP contribution in [0, 0.1) is 0 Å². The zero-order valence-electron chi connectivity index (χ0n) is 10.4. The number of aromatic nitrogens is 2. The van der Waals surface area contributed by atoms with Crippen molar-refractivity contribution in [3.05, 3.63) is 40.3 Å². The van der Waals surface area contributed by atoms with Gasteiger partial charge in [-0.2, -0.15) is 5.10 Å². The molecule has 0 bridgehead atoms. The molecule has 0 fully saturated rings. The molecule has 0 saturated carbocycles. The van der Waals surface area contributed by atoms with Crippen LogP contribution in [-0.2, 0) is 13.6 Å². The first-order valence-electron chi connectivity index (χ1n) is 5.71. The molecule has 2 amide bonds. The number of nitrogens with one attached hydrogen (secondary N) is 2. The minimum atomic E-state index is -0.169. The number of hydrogen-bond donors (Lipinski definition) is 2. The third kappa shape index (κ3) is 3.10. The summed E-state index contributed by atoms with van der Waals surface area (Å²) in [5.41, 5.74) is 0.967. The second-order valence-corrected chi connectivity index (χ2v) is 4.99. The topological polar surface area (TPSA) is 59.0 Å². The van der Waals surface area contributed by atoms with E-state index < -0.39 is 0 Å². The Morgan fingerprint density at radius 2 is 2.39 bits per heavy atom. The van der Waals surface area contributed by atoms with E-state index in [-0.39, 0.29) is 12.1 Å². The fraction of sp³-hybridized carbons (Fsp3) is 0.333. The highest BCUT2D eigenvalue weighted by Gasteiger charge is 2.10. The normalized spacial score (nSPS) is 12.1. The van der Waals surface area contributed by atoms with Crippen molar-refractivity contribution in [1.82, 2.24) is 20.4 Å². The maximum atomic E-state index is 11.7. The summed E-state index contributed by atoms with van der Waals surface area (Å²) in [5.74, 6) is 0. The molecule has 2 aromatic rings. The summed E-state index contributed by atoms with van der Waals surface area (Å²) in [7, 11) is 1.85. The molecule has 0 aliphatic rings. The van der Waals surface area contributed by atoms with Gasteiger partial charge in [-0.3, -0.25) is 4.68 Å². The van der Waals surface area contributed by atoms with Gasteiger partial charge in [0.2, 0.25) is 0 Å². The monoisotopic (exact) mass is 264 g/mol. The van der Waals surface area contributed by atoms with E-state index in [9.17, 15) is 4.79 Å². The predicted octanol–water partition coefficient (Wildman–Crippen LogP) is 2.04. The number of hydrogen-bond acceptors (Lipinski definition) is 3. The summed E-state index contributed by atoms with van der Waals surface area (Å²) in [4.78, 5) is 12.9. The van der Waals surface area contributed by atoms with Gasteiger partial charge >= 0.3 is 6.03 Å². The van der Waals surface area contributed by atoms with Gasteiger partial charge in [0.15, 0.2) is 0 Å². The first-order chi connectivity index (χ1) is 8.66. The SMILES string of the molecule is C[C@H](NC(=O)NCc1ccnn1C)c1cccs1. The maximum absolute atomic E-state index is 11.7. The Balaban J connectivity index is 1.81. The van der Waals surface area contributed by atoms with Crippen LogP contribution in [0.2, 0.25) is 0 Å². The Labute approximate surface area is 110 Å². The van der Waals surface area contributed by atoms with Gasteiger partial charge in [-0.15, -0.1) is 11.3 Å². The van der Waals surface area contributed by atoms with Crippen molar-refractivity contribution in [2.24, 2.45) is 7.05 Å². The smallest absolute Gasteiger partial charge is 0.315 e. The first kappa shape index (κ1) is 12.6. The van der Waals surface area contributed by atoms with Crippen molar-refractivity contribution >= 4 is 17.4 Å². The molecule has 0 radical (unpaired) electrons. The predicted molar refractivity (Wildman–Crippen MR) is 71.3 cm³/mol. The van der Waals surface area contributed by atoms with Crippen LogP contribution < -0.4 is 10.6 Å². The third-order valence-electron chi connectivity index (χ3n) is 2.67. The summed E-state index contributed by atoms with van der Waals surface area (Å²) < 4.78 is 1.74. The van der Waals surface area contributed by atoms with Crippen LogP contribution in [0.1, 0.15) is 23.5 Å². The zero-order valence-corrected chi connectivity index (χ0v) is 11.2. The molecule has 6 heteroatoms. The molecule has 0 unspecified atom stereocenters. The highest BCUT2D eigenvalue weighted by atomic mass is 32.1. The van der Waals surface area contributed by atoms with Crippen LogP contribution in [0.15, 0.2) is 29.8 Å². The third-order valence-corrected chi connectivity index (χ3v) is 3.73. The van der Waals surface area contributed by atoms with E-state index in [1.807, 2.05) is 37.6 Å². The zero-order chi connectivity index (χ0) is 13.0. The Hall–Kier alpha value is -1.82. The van der Waals surface area contributed by atoms with Crippen LogP contribution in [0.3, 0.4) is 0 Å². The number of nitrogens with zero attached hydrogens (tertiary/aromatic N) is 2. The lowest BCUT2D eigenvalue weighted by Crippen LogP contribution is -2.36. The lowest BCUT2D eigenvalue weighted by atomic mass is 10.3. The number of aryl methyl sites for hydroxylation is 1. The van der Waals surface area contributed by atoms with E-state index in [0.29, 0.717) is 6.54 Å². The van der Waals surface area contributed by atoms with Gasteiger partial charge in [0.25, 0.3) is 0 Å². The lowest BCUT2D eigenvalue weighted by molar-refractivity contribution is 0.237. The fourth-order valence-corrected chi connectivity index (χ4v) is 2.34. The van der Waals surface area contributed by atoms with Gasteiger partial charge in [-0.25, -0.2) is 4.79 Å². The Bertz CT molecular complexity index is 506. The van der Waals surface area contributed by atoms with E-state index in [1.54, 1.807) is 22.2 Å². The van der Waals surface area contributed by atoms with Crippen LogP contribution in [-0.4, -0.2) is 15.8 Å². The first-order valence-corrected chi connectivity index (χ1v) is 6.59. The number of rotatable bonds is 4. The molecule has 2 rings (SSSR count). The van der Waals surface area contributed by atoms with Crippen molar-refractivity contribution in [3.63, 3.8) is 0 Å². The summed E-state index contributed by atoms with van der Waals surface area (Å²) in [6.45, 7) is 2.44. The molecule has 2 aromatic heterocycles. The maximum Gasteiger partial charge on any atom is 0.315 e. The molecule has 1 atom stereocenters. The van der Waals surface area contributed by atoms with Crippen LogP contribution in [0.25, 0.3) is 0 Å². The molecule has 0 aliphatic carbocycles. The highest BCUT2D eigenvalue weighted by Crippen LogP contribution is 2.17. The Kier molecular flexibility index (Phi) is 3.99. The number of urea groups is 1. The summed E-state index contributed by atoms with van der Waals surface area (Å²) in [6, 6.07) is 5.72. The average Bonchev–Trinajstić information content (AvgIpc) is 2.97. The quantitative estimate of drug-likeness (QED) is 0.888. The van der Waals surface area contributed by atoms with E-state index in [4.69, 9.17) is 0 Å². The molecule has 0 spiro atoms. The molecule has 2 heterocycles. The molecule has 0 saturated heterocycles. The fourth-order valence-electron chi connectivity index (χ4n) is 1.60. The van der Waals surface area contributed by atoms with Crippen LogP contribution in [0.4, 0.5) is 4.79 Å². The lowest BCUT2D eigenvalue weighted by Gasteiger charge is -2.13. The van der Waals surface area contributed by atoms with Gasteiger partial charge in [0.05, 0.1) is 18.3 Å². The van der Waals surface area contributed by atoms with E-state index in [1.165, 1.54) is 0 Å². The van der Waals surface area contributed by atoms with Crippen LogP contribution in [0.5, 0.6) is 0 Å². The number of thiophene rings is 1. The standard InChI is InChI=1S/C12H16N4OS/c1-9(11-4-3-7-18-11)15-12(17)13-8-10-5-6-14-16(10)2/h3-7,9H,8H2,1-2H3,(H2,13,15,17)/t9-/m0/s1. The second kappa shape index (κ2) is 5.68. The van der Waals surface area contributed by atoms with Crippen molar-refractivity contribution < 1.29 is 4.79 Å². The molecule has 0 aromatic carbocycles. The summed E-state index contributed by atoms with van der Waals surface area (Å²) >= 11 is 1.63. The average molecular weight is 264 g/mol. The van der Waals surface area contributed by atoms with Gasteiger partial charge < -0.3 is 10.6 Å². The Morgan fingerprint density at radius 3 is 3.00 bits per heavy atom. The molecule has 0 aliphatic heterocycles.